The highest BCUT2D eigenvalue weighted by atomic mass is 31.2. The minimum absolute atomic E-state index is 0.0645. The third kappa shape index (κ3) is 7.09. The Balaban J connectivity index is 4.35. The van der Waals surface area contributed by atoms with Crippen LogP contribution in [-0.2, 0) is 14.1 Å². The van der Waals surface area contributed by atoms with Gasteiger partial charge in [-0.3, -0.25) is 9.36 Å². The molecule has 5 nitrogen and oxygen atoms in total. The number of hydrogen-bond acceptors (Lipinski definition) is 3. The Morgan fingerprint density at radius 3 is 2.21 bits per heavy atom. The molecule has 0 aliphatic heterocycles. The maximum absolute atomic E-state index is 11.6. The Kier molecular flexibility index (Phi) is 8.55. The minimum Gasteiger partial charge on any atom is -0.466 e. The first-order valence-corrected chi connectivity index (χ1v) is 8.59. The zero-order valence-corrected chi connectivity index (χ0v) is 13.1. The molecule has 0 rings (SSSR count). The predicted octanol–water partition coefficient (Wildman–Crippen LogP) is 3.24. The van der Waals surface area contributed by atoms with Crippen molar-refractivity contribution in [2.75, 3.05) is 6.61 Å². The normalized spacial score (nSPS) is 15.0. The molecule has 0 aliphatic rings. The fraction of sp³-hybridized carbons (Fsp3) is 0.923. The molecule has 0 aliphatic carbocycles. The fourth-order valence-corrected chi connectivity index (χ4v) is 2.60. The zero-order valence-electron chi connectivity index (χ0n) is 12.2. The van der Waals surface area contributed by atoms with E-state index < -0.39 is 12.8 Å². The smallest absolute Gasteiger partial charge is 0.331 e. The zero-order chi connectivity index (χ0) is 14.9. The number of carbonyl (C=O) groups is 1. The summed E-state index contributed by atoms with van der Waals surface area (Å²) in [7, 11) is -4.21. The van der Waals surface area contributed by atoms with Gasteiger partial charge in [0.05, 0.1) is 11.8 Å². The van der Waals surface area contributed by atoms with Gasteiger partial charge in [0, 0.05) is 6.42 Å². The molecule has 0 saturated carbocycles. The van der Waals surface area contributed by atoms with Crippen molar-refractivity contribution in [2.45, 2.75) is 70.9 Å². The van der Waals surface area contributed by atoms with Gasteiger partial charge < -0.3 is 14.5 Å². The van der Waals surface area contributed by atoms with Crippen LogP contribution in [0.25, 0.3) is 0 Å². The lowest BCUT2D eigenvalue weighted by atomic mass is 9.98. The van der Waals surface area contributed by atoms with Crippen molar-refractivity contribution in [3.05, 3.63) is 0 Å². The van der Waals surface area contributed by atoms with Crippen LogP contribution in [-0.4, -0.2) is 27.5 Å². The van der Waals surface area contributed by atoms with Crippen molar-refractivity contribution in [3.63, 3.8) is 0 Å². The van der Waals surface area contributed by atoms with Crippen LogP contribution in [0.15, 0.2) is 0 Å². The summed E-state index contributed by atoms with van der Waals surface area (Å²) < 4.78 is 16.6. The quantitative estimate of drug-likeness (QED) is 0.367. The standard InChI is InChI=1S/C13H27O5P/c1-4-6-9-13(3,19(15,16)17)10-8-12(14)18-11-7-5-2/h4-11H2,1-3H3,(H2,15,16,17). The SMILES string of the molecule is CCCCOC(=O)CCC(C)(CCCC)P(=O)(O)O. The van der Waals surface area contributed by atoms with Crippen LogP contribution >= 0.6 is 7.60 Å². The van der Waals surface area contributed by atoms with Crippen LogP contribution in [0.4, 0.5) is 0 Å². The first-order valence-electron chi connectivity index (χ1n) is 6.98. The topological polar surface area (TPSA) is 83.8 Å². The van der Waals surface area contributed by atoms with Gasteiger partial charge in [0.1, 0.15) is 0 Å². The highest BCUT2D eigenvalue weighted by Crippen LogP contribution is 2.55. The molecule has 1 atom stereocenters. The average molecular weight is 294 g/mol. The van der Waals surface area contributed by atoms with E-state index in [1.54, 1.807) is 6.92 Å². The summed E-state index contributed by atoms with van der Waals surface area (Å²) in [5.74, 6) is -0.371. The Morgan fingerprint density at radius 1 is 1.16 bits per heavy atom. The number of rotatable bonds is 10. The van der Waals surface area contributed by atoms with Gasteiger partial charge in [0.2, 0.25) is 0 Å². The van der Waals surface area contributed by atoms with Gasteiger partial charge >= 0.3 is 13.6 Å². The summed E-state index contributed by atoms with van der Waals surface area (Å²) in [4.78, 5) is 30.4. The Hall–Kier alpha value is -0.380. The second-order valence-corrected chi connectivity index (χ2v) is 7.39. The van der Waals surface area contributed by atoms with E-state index in [0.717, 1.165) is 25.7 Å². The van der Waals surface area contributed by atoms with E-state index in [-0.39, 0.29) is 18.8 Å². The highest BCUT2D eigenvalue weighted by molar-refractivity contribution is 7.53. The molecule has 19 heavy (non-hydrogen) atoms. The monoisotopic (exact) mass is 294 g/mol. The van der Waals surface area contributed by atoms with E-state index >= 15 is 0 Å². The predicted molar refractivity (Wildman–Crippen MR) is 75.1 cm³/mol. The molecule has 0 aromatic carbocycles. The van der Waals surface area contributed by atoms with Crippen molar-refractivity contribution < 1.29 is 23.9 Å². The van der Waals surface area contributed by atoms with E-state index in [9.17, 15) is 19.1 Å². The van der Waals surface area contributed by atoms with E-state index in [1.165, 1.54) is 0 Å². The summed E-state index contributed by atoms with van der Waals surface area (Å²) in [5.41, 5.74) is 0. The second kappa shape index (κ2) is 8.72. The number of carbonyl (C=O) groups excluding carboxylic acids is 1. The maximum Gasteiger partial charge on any atom is 0.331 e. The van der Waals surface area contributed by atoms with Gasteiger partial charge in [0.15, 0.2) is 0 Å². The van der Waals surface area contributed by atoms with Crippen LogP contribution in [0, 0.1) is 0 Å². The molecule has 0 fully saturated rings. The van der Waals surface area contributed by atoms with Gasteiger partial charge in [-0.2, -0.15) is 0 Å². The molecule has 0 radical (unpaired) electrons. The summed E-state index contributed by atoms with van der Waals surface area (Å²) in [6.45, 7) is 5.92. The van der Waals surface area contributed by atoms with Crippen molar-refractivity contribution in [3.8, 4) is 0 Å². The number of unbranched alkanes of at least 4 members (excludes halogenated alkanes) is 2. The van der Waals surface area contributed by atoms with E-state index in [2.05, 4.69) is 0 Å². The van der Waals surface area contributed by atoms with Crippen LogP contribution in [0.2, 0.25) is 0 Å². The molecule has 6 heteroatoms. The first-order chi connectivity index (χ1) is 8.77. The molecular formula is C13H27O5P. The fourth-order valence-electron chi connectivity index (χ4n) is 1.75. The van der Waals surface area contributed by atoms with Gasteiger partial charge in [-0.15, -0.1) is 0 Å². The molecule has 114 valence electrons. The van der Waals surface area contributed by atoms with Crippen molar-refractivity contribution in [1.29, 1.82) is 0 Å². The lowest BCUT2D eigenvalue weighted by Crippen LogP contribution is -2.26. The Morgan fingerprint density at radius 2 is 1.74 bits per heavy atom. The van der Waals surface area contributed by atoms with Gasteiger partial charge in [-0.25, -0.2) is 0 Å². The third-order valence-electron chi connectivity index (χ3n) is 3.40. The molecule has 0 aromatic heterocycles. The van der Waals surface area contributed by atoms with Crippen molar-refractivity contribution in [2.24, 2.45) is 0 Å². The van der Waals surface area contributed by atoms with Gasteiger partial charge in [0.25, 0.3) is 0 Å². The van der Waals surface area contributed by atoms with E-state index in [4.69, 9.17) is 4.74 Å². The van der Waals surface area contributed by atoms with Gasteiger partial charge in [-0.05, 0) is 26.2 Å². The number of ether oxygens (including phenoxy) is 1. The molecule has 0 spiro atoms. The second-order valence-electron chi connectivity index (χ2n) is 5.22. The number of esters is 1. The molecule has 0 amide bonds. The molecule has 0 bridgehead atoms. The minimum atomic E-state index is -4.21. The van der Waals surface area contributed by atoms with Crippen LogP contribution in [0.1, 0.15) is 65.7 Å². The molecular weight excluding hydrogens is 267 g/mol. The molecule has 1 unspecified atom stereocenters. The summed E-state index contributed by atoms with van der Waals surface area (Å²) in [6, 6.07) is 0. The Labute approximate surface area is 115 Å². The number of hydrogen-bond donors (Lipinski definition) is 2. The van der Waals surface area contributed by atoms with E-state index in [1.807, 2.05) is 13.8 Å². The van der Waals surface area contributed by atoms with Crippen molar-refractivity contribution in [1.82, 2.24) is 0 Å². The lowest BCUT2D eigenvalue weighted by Gasteiger charge is -2.30. The third-order valence-corrected chi connectivity index (χ3v) is 5.25. The molecule has 0 aromatic rings. The summed E-state index contributed by atoms with van der Waals surface area (Å²) in [6.07, 6.45) is 4.04. The van der Waals surface area contributed by atoms with Crippen LogP contribution in [0.3, 0.4) is 0 Å². The molecule has 0 heterocycles. The Bertz CT molecular complexity index is 312. The van der Waals surface area contributed by atoms with Crippen LogP contribution in [0.5, 0.6) is 0 Å². The average Bonchev–Trinajstić information content (AvgIpc) is 2.33. The largest absolute Gasteiger partial charge is 0.466 e. The summed E-state index contributed by atoms with van der Waals surface area (Å²) in [5, 5.41) is -1.12. The van der Waals surface area contributed by atoms with Crippen LogP contribution < -0.4 is 0 Å². The molecule has 2 N–H and O–H groups in total. The van der Waals surface area contributed by atoms with E-state index in [0.29, 0.717) is 13.0 Å². The van der Waals surface area contributed by atoms with Gasteiger partial charge in [-0.1, -0.05) is 33.1 Å². The maximum atomic E-state index is 11.6. The van der Waals surface area contributed by atoms with Crippen molar-refractivity contribution >= 4 is 13.6 Å². The lowest BCUT2D eigenvalue weighted by molar-refractivity contribution is -0.144. The highest BCUT2D eigenvalue weighted by Gasteiger charge is 2.41. The summed E-state index contributed by atoms with van der Waals surface area (Å²) >= 11 is 0. The first kappa shape index (κ1) is 18.6. The molecule has 0 saturated heterocycles.